The molecule has 2 heterocycles. The molecule has 1 amide bonds. The Labute approximate surface area is 183 Å². The minimum absolute atomic E-state index is 0.0671. The second kappa shape index (κ2) is 7.51. The number of aromatic nitrogens is 1. The number of carbonyl (C=O) groups is 1. The number of carbonyl (C=O) groups excluding carboxylic acids is 1. The van der Waals surface area contributed by atoms with E-state index >= 15 is 0 Å². The summed E-state index contributed by atoms with van der Waals surface area (Å²) in [4.78, 5) is 29.5. The summed E-state index contributed by atoms with van der Waals surface area (Å²) in [6.07, 6.45) is 0. The number of amides is 1. The van der Waals surface area contributed by atoms with Crippen molar-refractivity contribution in [2.75, 3.05) is 5.32 Å². The van der Waals surface area contributed by atoms with Gasteiger partial charge in [-0.05, 0) is 35.0 Å². The molecular formula is C23H13BrN2O3S. The van der Waals surface area contributed by atoms with E-state index in [0.29, 0.717) is 16.1 Å². The van der Waals surface area contributed by atoms with Crippen molar-refractivity contribution in [2.45, 2.75) is 0 Å². The van der Waals surface area contributed by atoms with E-state index in [2.05, 4.69) is 26.2 Å². The molecule has 0 spiro atoms. The highest BCUT2D eigenvalue weighted by Gasteiger charge is 2.16. The lowest BCUT2D eigenvalue weighted by Gasteiger charge is -2.04. The highest BCUT2D eigenvalue weighted by Crippen LogP contribution is 2.31. The van der Waals surface area contributed by atoms with Crippen LogP contribution in [0.5, 0.6) is 0 Å². The van der Waals surface area contributed by atoms with E-state index in [0.717, 1.165) is 26.5 Å². The van der Waals surface area contributed by atoms with Crippen LogP contribution in [-0.4, -0.2) is 10.9 Å². The number of thiazole rings is 1. The molecule has 0 fully saturated rings. The van der Waals surface area contributed by atoms with E-state index in [1.165, 1.54) is 17.4 Å². The van der Waals surface area contributed by atoms with Gasteiger partial charge in [0.05, 0.1) is 5.69 Å². The smallest absolute Gasteiger partial charge is 0.349 e. The molecule has 0 atom stereocenters. The van der Waals surface area contributed by atoms with Gasteiger partial charge < -0.3 is 4.42 Å². The molecule has 5 rings (SSSR count). The molecule has 3 aromatic carbocycles. The Balaban J connectivity index is 1.47. The lowest BCUT2D eigenvalue weighted by Crippen LogP contribution is -2.20. The molecular weight excluding hydrogens is 464 g/mol. The maximum absolute atomic E-state index is 12.7. The third-order valence-electron chi connectivity index (χ3n) is 4.73. The molecule has 2 aromatic heterocycles. The monoisotopic (exact) mass is 476 g/mol. The molecule has 5 nitrogen and oxygen atoms in total. The molecule has 146 valence electrons. The molecule has 0 bridgehead atoms. The number of anilines is 1. The predicted molar refractivity (Wildman–Crippen MR) is 123 cm³/mol. The second-order valence-electron chi connectivity index (χ2n) is 6.65. The van der Waals surface area contributed by atoms with Crippen molar-refractivity contribution in [2.24, 2.45) is 0 Å². The van der Waals surface area contributed by atoms with E-state index in [4.69, 9.17) is 4.42 Å². The van der Waals surface area contributed by atoms with Crippen LogP contribution in [0.3, 0.4) is 0 Å². The van der Waals surface area contributed by atoms with Crippen LogP contribution in [0.25, 0.3) is 33.0 Å². The molecule has 7 heteroatoms. The molecule has 0 saturated carbocycles. The SMILES string of the molecule is O=C(Nc1nc(-c2cccc3ccccc23)cs1)c1cc2cc(Br)ccc2oc1=O. The van der Waals surface area contributed by atoms with Gasteiger partial charge in [-0.3, -0.25) is 10.1 Å². The number of hydrogen-bond donors (Lipinski definition) is 1. The predicted octanol–water partition coefficient (Wildman–Crippen LogP) is 6.08. The first kappa shape index (κ1) is 18.7. The van der Waals surface area contributed by atoms with Crippen molar-refractivity contribution in [1.29, 1.82) is 0 Å². The van der Waals surface area contributed by atoms with Crippen LogP contribution < -0.4 is 10.9 Å². The summed E-state index contributed by atoms with van der Waals surface area (Å²) in [5, 5.41) is 7.88. The van der Waals surface area contributed by atoms with E-state index in [9.17, 15) is 9.59 Å². The Bertz CT molecular complexity index is 1480. The third-order valence-corrected chi connectivity index (χ3v) is 5.98. The van der Waals surface area contributed by atoms with Gasteiger partial charge in [0.1, 0.15) is 11.1 Å². The van der Waals surface area contributed by atoms with Gasteiger partial charge >= 0.3 is 5.63 Å². The average Bonchev–Trinajstić information content (AvgIpc) is 3.21. The molecule has 0 aliphatic rings. The molecule has 0 unspecified atom stereocenters. The van der Waals surface area contributed by atoms with Crippen LogP contribution >= 0.6 is 27.3 Å². The second-order valence-corrected chi connectivity index (χ2v) is 8.42. The summed E-state index contributed by atoms with van der Waals surface area (Å²) in [5.74, 6) is -0.551. The molecule has 0 saturated heterocycles. The molecule has 30 heavy (non-hydrogen) atoms. The third kappa shape index (κ3) is 3.42. The van der Waals surface area contributed by atoms with Gasteiger partial charge in [-0.1, -0.05) is 58.4 Å². The van der Waals surface area contributed by atoms with Crippen LogP contribution in [0.4, 0.5) is 5.13 Å². The molecule has 1 N–H and O–H groups in total. The van der Waals surface area contributed by atoms with Crippen molar-refractivity contribution in [1.82, 2.24) is 4.98 Å². The quantitative estimate of drug-likeness (QED) is 0.320. The lowest BCUT2D eigenvalue weighted by atomic mass is 10.0. The fourth-order valence-electron chi connectivity index (χ4n) is 3.32. The topological polar surface area (TPSA) is 72.2 Å². The standard InChI is InChI=1S/C23H13BrN2O3S/c24-15-8-9-20-14(10-15)11-18(22(28)29-20)21(27)26-23-25-19(12-30-23)17-7-3-5-13-4-1-2-6-16(13)17/h1-12H,(H,25,26,27). The van der Waals surface area contributed by atoms with Crippen molar-refractivity contribution in [3.05, 3.63) is 92.6 Å². The Morgan fingerprint density at radius 3 is 2.73 bits per heavy atom. The van der Waals surface area contributed by atoms with Gasteiger partial charge in [0.15, 0.2) is 5.13 Å². The fourth-order valence-corrected chi connectivity index (χ4v) is 4.41. The van der Waals surface area contributed by atoms with E-state index < -0.39 is 11.5 Å². The van der Waals surface area contributed by atoms with Crippen LogP contribution in [0, 0.1) is 0 Å². The minimum Gasteiger partial charge on any atom is -0.422 e. The van der Waals surface area contributed by atoms with Crippen molar-refractivity contribution in [3.8, 4) is 11.3 Å². The Hall–Kier alpha value is -3.29. The van der Waals surface area contributed by atoms with Gasteiger partial charge in [0.2, 0.25) is 0 Å². The van der Waals surface area contributed by atoms with Crippen LogP contribution in [0.1, 0.15) is 10.4 Å². The van der Waals surface area contributed by atoms with Crippen molar-refractivity contribution in [3.63, 3.8) is 0 Å². The van der Waals surface area contributed by atoms with Gasteiger partial charge in [0.25, 0.3) is 5.91 Å². The Morgan fingerprint density at radius 2 is 1.83 bits per heavy atom. The largest absolute Gasteiger partial charge is 0.422 e. The van der Waals surface area contributed by atoms with E-state index in [-0.39, 0.29) is 5.56 Å². The Kier molecular flexibility index (Phi) is 4.69. The van der Waals surface area contributed by atoms with Crippen LogP contribution in [0.2, 0.25) is 0 Å². The number of rotatable bonds is 3. The summed E-state index contributed by atoms with van der Waals surface area (Å²) >= 11 is 4.68. The highest BCUT2D eigenvalue weighted by atomic mass is 79.9. The highest BCUT2D eigenvalue weighted by molar-refractivity contribution is 9.10. The number of halogens is 1. The maximum Gasteiger partial charge on any atom is 0.349 e. The van der Waals surface area contributed by atoms with Crippen LogP contribution in [0.15, 0.2) is 85.8 Å². The number of nitrogens with one attached hydrogen (secondary N) is 1. The Morgan fingerprint density at radius 1 is 1.00 bits per heavy atom. The summed E-state index contributed by atoms with van der Waals surface area (Å²) in [6.45, 7) is 0. The zero-order chi connectivity index (χ0) is 20.7. The molecule has 0 aliphatic carbocycles. The first-order chi connectivity index (χ1) is 14.6. The van der Waals surface area contributed by atoms with Gasteiger partial charge in [-0.15, -0.1) is 11.3 Å². The lowest BCUT2D eigenvalue weighted by molar-refractivity contribution is 0.102. The van der Waals surface area contributed by atoms with Gasteiger partial charge in [-0.2, -0.15) is 0 Å². The maximum atomic E-state index is 12.7. The average molecular weight is 477 g/mol. The summed E-state index contributed by atoms with van der Waals surface area (Å²) in [7, 11) is 0. The molecule has 0 radical (unpaired) electrons. The first-order valence-corrected chi connectivity index (χ1v) is 10.7. The number of nitrogens with zero attached hydrogens (tertiary/aromatic N) is 1. The van der Waals surface area contributed by atoms with E-state index in [1.807, 2.05) is 47.8 Å². The summed E-state index contributed by atoms with van der Waals surface area (Å²) in [6, 6.07) is 20.9. The summed E-state index contributed by atoms with van der Waals surface area (Å²) < 4.78 is 6.10. The van der Waals surface area contributed by atoms with E-state index in [1.54, 1.807) is 18.2 Å². The zero-order valence-electron chi connectivity index (χ0n) is 15.4. The van der Waals surface area contributed by atoms with Crippen molar-refractivity contribution >= 4 is 60.0 Å². The molecule has 5 aromatic rings. The summed E-state index contributed by atoms with van der Waals surface area (Å²) in [5.41, 5.74) is 1.42. The zero-order valence-corrected chi connectivity index (χ0v) is 17.8. The number of hydrogen-bond acceptors (Lipinski definition) is 5. The van der Waals surface area contributed by atoms with Crippen molar-refractivity contribution < 1.29 is 9.21 Å². The minimum atomic E-state index is -0.687. The van der Waals surface area contributed by atoms with Crippen LogP contribution in [-0.2, 0) is 0 Å². The normalized spacial score (nSPS) is 11.1. The number of fused-ring (bicyclic) bond motifs is 2. The first-order valence-electron chi connectivity index (χ1n) is 9.07. The molecule has 0 aliphatic heterocycles. The van der Waals surface area contributed by atoms with Gasteiger partial charge in [-0.25, -0.2) is 9.78 Å². The van der Waals surface area contributed by atoms with Gasteiger partial charge in [0, 0.05) is 20.8 Å². The number of benzene rings is 3. The fraction of sp³-hybridized carbons (Fsp3) is 0.